The molecule has 3 rings (SSSR count). The van der Waals surface area contributed by atoms with Crippen LogP contribution in [0.5, 0.6) is 0 Å². The Morgan fingerprint density at radius 2 is 1.85 bits per heavy atom. The molecule has 27 heavy (non-hydrogen) atoms. The van der Waals surface area contributed by atoms with E-state index in [0.29, 0.717) is 6.04 Å². The van der Waals surface area contributed by atoms with Crippen molar-refractivity contribution in [1.82, 2.24) is 15.1 Å². The molecule has 1 aliphatic rings. The van der Waals surface area contributed by atoms with Crippen molar-refractivity contribution in [2.45, 2.75) is 71.0 Å². The summed E-state index contributed by atoms with van der Waals surface area (Å²) in [6, 6.07) is 10.8. The first-order valence-electron chi connectivity index (χ1n) is 9.90. The van der Waals surface area contributed by atoms with E-state index in [1.165, 1.54) is 11.1 Å². The molecular formula is C22H31N3O2. The van der Waals surface area contributed by atoms with Crippen LogP contribution >= 0.6 is 0 Å². The lowest BCUT2D eigenvalue weighted by atomic mass is 9.86. The monoisotopic (exact) mass is 369 g/mol. The number of nitrogens with one attached hydrogen (secondary N) is 1. The van der Waals surface area contributed by atoms with E-state index in [2.05, 4.69) is 56.6 Å². The first kappa shape index (κ1) is 19.6. The Balaban J connectivity index is 1.66. The number of benzene rings is 1. The molecule has 1 aromatic carbocycles. The van der Waals surface area contributed by atoms with Gasteiger partial charge in [0.15, 0.2) is 0 Å². The molecule has 0 spiro atoms. The van der Waals surface area contributed by atoms with Crippen molar-refractivity contribution < 1.29 is 9.90 Å². The molecule has 0 saturated heterocycles. The van der Waals surface area contributed by atoms with Gasteiger partial charge in [0.05, 0.1) is 18.2 Å². The van der Waals surface area contributed by atoms with Gasteiger partial charge in [0, 0.05) is 29.8 Å². The number of carboxylic acid groups (broad SMARTS) is 1. The van der Waals surface area contributed by atoms with Crippen LogP contribution in [0.1, 0.15) is 63.3 Å². The standard InChI is InChI=1S/C22H31N3O2/c1-22(2,3)20-18(13-23-19-11-9-17(10-12-19)21(26)27)15-25(24-20)14-16-7-5-4-6-8-16/h4-8,15,17,19,23H,9-14H2,1-3H3,(H,26,27). The summed E-state index contributed by atoms with van der Waals surface area (Å²) in [7, 11) is 0. The first-order chi connectivity index (χ1) is 12.8. The minimum atomic E-state index is -0.648. The van der Waals surface area contributed by atoms with Gasteiger partial charge in [-0.1, -0.05) is 51.1 Å². The number of aliphatic carboxylic acids is 1. The predicted molar refractivity (Wildman–Crippen MR) is 107 cm³/mol. The SMILES string of the molecule is CC(C)(C)c1nn(Cc2ccccc2)cc1CNC1CCC(C(=O)O)CC1. The summed E-state index contributed by atoms with van der Waals surface area (Å²) in [5.41, 5.74) is 3.59. The quantitative estimate of drug-likeness (QED) is 0.809. The van der Waals surface area contributed by atoms with Crippen LogP contribution in [0.3, 0.4) is 0 Å². The summed E-state index contributed by atoms with van der Waals surface area (Å²) < 4.78 is 2.04. The number of rotatable bonds is 6. The molecule has 0 amide bonds. The maximum absolute atomic E-state index is 11.1. The summed E-state index contributed by atoms with van der Waals surface area (Å²) in [6.45, 7) is 8.15. The molecule has 1 saturated carbocycles. The molecule has 1 aliphatic carbocycles. The second-order valence-corrected chi connectivity index (χ2v) is 8.70. The molecule has 1 heterocycles. The smallest absolute Gasteiger partial charge is 0.306 e. The zero-order chi connectivity index (χ0) is 19.4. The van der Waals surface area contributed by atoms with Crippen molar-refractivity contribution in [3.8, 4) is 0 Å². The Hall–Kier alpha value is -2.14. The molecule has 0 unspecified atom stereocenters. The van der Waals surface area contributed by atoms with Gasteiger partial charge in [-0.25, -0.2) is 0 Å². The third-order valence-electron chi connectivity index (χ3n) is 5.39. The maximum atomic E-state index is 11.1. The van der Waals surface area contributed by atoms with Gasteiger partial charge in [0.1, 0.15) is 0 Å². The lowest BCUT2D eigenvalue weighted by Gasteiger charge is -2.27. The minimum Gasteiger partial charge on any atom is -0.481 e. The van der Waals surface area contributed by atoms with Gasteiger partial charge in [-0.3, -0.25) is 9.48 Å². The van der Waals surface area contributed by atoms with Crippen molar-refractivity contribution in [2.75, 3.05) is 0 Å². The van der Waals surface area contributed by atoms with Gasteiger partial charge < -0.3 is 10.4 Å². The van der Waals surface area contributed by atoms with Gasteiger partial charge in [0.2, 0.25) is 0 Å². The van der Waals surface area contributed by atoms with E-state index in [9.17, 15) is 4.79 Å². The third kappa shape index (κ3) is 5.19. The molecule has 2 aromatic rings. The van der Waals surface area contributed by atoms with Crippen molar-refractivity contribution in [1.29, 1.82) is 0 Å². The fourth-order valence-corrected chi connectivity index (χ4v) is 3.87. The van der Waals surface area contributed by atoms with Crippen LogP contribution in [-0.4, -0.2) is 26.9 Å². The molecule has 0 bridgehead atoms. The maximum Gasteiger partial charge on any atom is 0.306 e. The van der Waals surface area contributed by atoms with Crippen molar-refractivity contribution in [2.24, 2.45) is 5.92 Å². The molecule has 2 N–H and O–H groups in total. The van der Waals surface area contributed by atoms with Gasteiger partial charge >= 0.3 is 5.97 Å². The number of hydrogen-bond acceptors (Lipinski definition) is 3. The topological polar surface area (TPSA) is 67.2 Å². The van der Waals surface area contributed by atoms with E-state index in [-0.39, 0.29) is 11.3 Å². The minimum absolute atomic E-state index is 0.0140. The summed E-state index contributed by atoms with van der Waals surface area (Å²) in [5, 5.41) is 17.7. The van der Waals surface area contributed by atoms with Crippen molar-refractivity contribution >= 4 is 5.97 Å². The zero-order valence-electron chi connectivity index (χ0n) is 16.6. The Morgan fingerprint density at radius 1 is 1.19 bits per heavy atom. The number of carboxylic acids is 1. The largest absolute Gasteiger partial charge is 0.481 e. The summed E-state index contributed by atoms with van der Waals surface area (Å²) in [5.74, 6) is -0.813. The van der Waals surface area contributed by atoms with Gasteiger partial charge in [-0.05, 0) is 31.2 Å². The van der Waals surface area contributed by atoms with Crippen LogP contribution in [0.25, 0.3) is 0 Å². The van der Waals surface area contributed by atoms with E-state index in [1.54, 1.807) is 0 Å². The number of nitrogens with zero attached hydrogens (tertiary/aromatic N) is 2. The van der Waals surface area contributed by atoms with E-state index in [0.717, 1.165) is 44.5 Å². The normalized spacial score (nSPS) is 20.6. The van der Waals surface area contributed by atoms with E-state index >= 15 is 0 Å². The number of aromatic nitrogens is 2. The van der Waals surface area contributed by atoms with E-state index < -0.39 is 5.97 Å². The molecular weight excluding hydrogens is 338 g/mol. The van der Waals surface area contributed by atoms with Crippen LogP contribution in [0.15, 0.2) is 36.5 Å². The van der Waals surface area contributed by atoms with E-state index in [4.69, 9.17) is 10.2 Å². The van der Waals surface area contributed by atoms with Crippen LogP contribution < -0.4 is 5.32 Å². The Kier molecular flexibility index (Phi) is 6.00. The van der Waals surface area contributed by atoms with Crippen LogP contribution in [0.2, 0.25) is 0 Å². The molecule has 5 nitrogen and oxygen atoms in total. The molecule has 1 fully saturated rings. The highest BCUT2D eigenvalue weighted by molar-refractivity contribution is 5.70. The molecule has 1 aromatic heterocycles. The Morgan fingerprint density at radius 3 is 2.44 bits per heavy atom. The average Bonchev–Trinajstić information content (AvgIpc) is 3.04. The fraction of sp³-hybridized carbons (Fsp3) is 0.545. The Labute approximate surface area is 161 Å². The second-order valence-electron chi connectivity index (χ2n) is 8.70. The van der Waals surface area contributed by atoms with Gasteiger partial charge in [0.25, 0.3) is 0 Å². The lowest BCUT2D eigenvalue weighted by Crippen LogP contribution is -2.35. The molecule has 0 radical (unpaired) electrons. The predicted octanol–water partition coefficient (Wildman–Crippen LogP) is 3.96. The van der Waals surface area contributed by atoms with Crippen molar-refractivity contribution in [3.63, 3.8) is 0 Å². The van der Waals surface area contributed by atoms with Crippen LogP contribution in [0, 0.1) is 5.92 Å². The number of hydrogen-bond donors (Lipinski definition) is 2. The lowest BCUT2D eigenvalue weighted by molar-refractivity contribution is -0.142. The molecule has 146 valence electrons. The van der Waals surface area contributed by atoms with Crippen molar-refractivity contribution in [3.05, 3.63) is 53.3 Å². The Bertz CT molecular complexity index is 754. The number of carbonyl (C=O) groups is 1. The third-order valence-corrected chi connectivity index (χ3v) is 5.39. The molecule has 0 aliphatic heterocycles. The zero-order valence-corrected chi connectivity index (χ0v) is 16.6. The molecule has 0 atom stereocenters. The summed E-state index contributed by atoms with van der Waals surface area (Å²) in [4.78, 5) is 11.1. The van der Waals surface area contributed by atoms with E-state index in [1.807, 2.05) is 10.7 Å². The summed E-state index contributed by atoms with van der Waals surface area (Å²) >= 11 is 0. The average molecular weight is 370 g/mol. The van der Waals surface area contributed by atoms with Crippen LogP contribution in [-0.2, 0) is 23.3 Å². The van der Waals surface area contributed by atoms with Gasteiger partial charge in [-0.2, -0.15) is 5.10 Å². The van der Waals surface area contributed by atoms with Crippen LogP contribution in [0.4, 0.5) is 0 Å². The first-order valence-corrected chi connectivity index (χ1v) is 9.90. The highest BCUT2D eigenvalue weighted by atomic mass is 16.4. The second kappa shape index (κ2) is 8.26. The summed E-state index contributed by atoms with van der Waals surface area (Å²) in [6.07, 6.45) is 5.56. The molecule has 5 heteroatoms. The highest BCUT2D eigenvalue weighted by Gasteiger charge is 2.27. The highest BCUT2D eigenvalue weighted by Crippen LogP contribution is 2.27. The fourth-order valence-electron chi connectivity index (χ4n) is 3.87. The van der Waals surface area contributed by atoms with Gasteiger partial charge in [-0.15, -0.1) is 0 Å².